The van der Waals surface area contributed by atoms with Crippen LogP contribution < -0.4 is 16.2 Å². The lowest BCUT2D eigenvalue weighted by Crippen LogP contribution is -2.18. The molecule has 0 atom stereocenters. The number of benzene rings is 1. The van der Waals surface area contributed by atoms with E-state index in [-0.39, 0.29) is 23.4 Å². The molecule has 2 N–H and O–H groups in total. The number of rotatable bonds is 2. The van der Waals surface area contributed by atoms with Crippen LogP contribution in [-0.2, 0) is 0 Å². The van der Waals surface area contributed by atoms with E-state index in [1.807, 2.05) is 6.07 Å². The zero-order valence-electron chi connectivity index (χ0n) is 9.62. The van der Waals surface area contributed by atoms with Crippen LogP contribution in [0.4, 0.5) is 17.5 Å². The fourth-order valence-electron chi connectivity index (χ4n) is 1.63. The largest absolute Gasteiger partial charge is 0.292 e. The van der Waals surface area contributed by atoms with E-state index >= 15 is 0 Å². The predicted octanol–water partition coefficient (Wildman–Crippen LogP) is 0.932. The lowest BCUT2D eigenvalue weighted by atomic mass is 10.2. The highest BCUT2D eigenvalue weighted by molar-refractivity contribution is 6.03. The number of carbonyl (C=O) groups is 1. The average molecular weight is 254 g/mol. The summed E-state index contributed by atoms with van der Waals surface area (Å²) < 4.78 is 0. The Balaban J connectivity index is 1.87. The van der Waals surface area contributed by atoms with Crippen LogP contribution >= 0.6 is 0 Å². The normalized spacial score (nSPS) is 11.8. The highest BCUT2D eigenvalue weighted by Gasteiger charge is 2.16. The third-order valence-corrected chi connectivity index (χ3v) is 2.51. The summed E-state index contributed by atoms with van der Waals surface area (Å²) in [5, 5.41) is 6.33. The highest BCUT2D eigenvalue weighted by Crippen LogP contribution is 2.21. The lowest BCUT2D eigenvalue weighted by molar-refractivity contribution is 0.102. The van der Waals surface area contributed by atoms with Crippen molar-refractivity contribution < 1.29 is 4.79 Å². The van der Waals surface area contributed by atoms with Gasteiger partial charge in [0.25, 0.3) is 11.5 Å². The molecule has 1 radical (unpaired) electrons. The molecule has 1 amide bonds. The number of carbonyl (C=O) groups excluding carboxylic acids is 1. The van der Waals surface area contributed by atoms with Crippen molar-refractivity contribution >= 4 is 29.7 Å². The van der Waals surface area contributed by atoms with E-state index in [0.717, 1.165) is 0 Å². The minimum absolute atomic E-state index is 0.0480. The monoisotopic (exact) mass is 254 g/mol. The van der Waals surface area contributed by atoms with Crippen molar-refractivity contribution in [2.75, 3.05) is 5.32 Å². The number of aromatic amines is 1. The van der Waals surface area contributed by atoms with Crippen molar-refractivity contribution in [2.24, 2.45) is 4.99 Å². The van der Waals surface area contributed by atoms with Gasteiger partial charge in [0, 0.05) is 5.56 Å². The molecule has 1 aliphatic heterocycles. The molecule has 0 bridgehead atoms. The number of fused-ring (bicyclic) bond motifs is 1. The number of hydrogen-bond acceptors (Lipinski definition) is 4. The molecule has 0 saturated carbocycles. The molecule has 1 aromatic heterocycles. The van der Waals surface area contributed by atoms with Gasteiger partial charge in [0.15, 0.2) is 11.5 Å². The summed E-state index contributed by atoms with van der Waals surface area (Å²) >= 11 is 0. The number of hydrogen-bond donors (Lipinski definition) is 2. The lowest BCUT2D eigenvalue weighted by Gasteiger charge is -2.04. The molecule has 0 fully saturated rings. The zero-order chi connectivity index (χ0) is 13.2. The molecule has 7 heteroatoms. The molecule has 7 nitrogen and oxygen atoms in total. The maximum absolute atomic E-state index is 11.9. The molecule has 19 heavy (non-hydrogen) atoms. The topological polar surface area (TPSA) is 101 Å². The van der Waals surface area contributed by atoms with Gasteiger partial charge in [-0.3, -0.25) is 19.9 Å². The molecule has 0 unspecified atom stereocenters. The van der Waals surface area contributed by atoms with Crippen molar-refractivity contribution in [2.45, 2.75) is 0 Å². The standard InChI is InChI=1S/C12H8N5O2/c18-10(7-4-2-1-3-5-7)16-12-15-9-8(11(19)17-12)13-6-14-9/h1-6H,(H2,15,16,17,18,19). The Kier molecular flexibility index (Phi) is 2.57. The minimum Gasteiger partial charge on any atom is -0.292 e. The van der Waals surface area contributed by atoms with E-state index in [4.69, 9.17) is 0 Å². The number of aliphatic imine (C=N–C) groups is 1. The van der Waals surface area contributed by atoms with Crippen molar-refractivity contribution in [3.63, 3.8) is 0 Å². The Labute approximate surface area is 107 Å². The number of nitrogens with zero attached hydrogens (tertiary/aromatic N) is 3. The molecule has 93 valence electrons. The Hall–Kier alpha value is -2.96. The first-order valence-corrected chi connectivity index (χ1v) is 5.48. The van der Waals surface area contributed by atoms with Gasteiger partial charge in [0.1, 0.15) is 6.34 Å². The first-order chi connectivity index (χ1) is 9.24. The highest BCUT2D eigenvalue weighted by atomic mass is 16.2. The smallest absolute Gasteiger partial charge is 0.280 e. The van der Waals surface area contributed by atoms with Crippen LogP contribution in [0.15, 0.2) is 40.1 Å². The van der Waals surface area contributed by atoms with Gasteiger partial charge in [-0.05, 0) is 12.1 Å². The Morgan fingerprint density at radius 1 is 1.21 bits per heavy atom. The van der Waals surface area contributed by atoms with Gasteiger partial charge in [-0.15, -0.1) is 0 Å². The van der Waals surface area contributed by atoms with E-state index < -0.39 is 5.56 Å². The minimum atomic E-state index is -0.439. The molecular formula is C12H8N5O2. The Bertz CT molecular complexity index is 721. The first-order valence-electron chi connectivity index (χ1n) is 5.48. The molecule has 0 spiro atoms. The molecule has 0 aliphatic carbocycles. The van der Waals surface area contributed by atoms with E-state index in [1.165, 1.54) is 6.34 Å². The van der Waals surface area contributed by atoms with Gasteiger partial charge < -0.3 is 0 Å². The number of amides is 1. The van der Waals surface area contributed by atoms with Crippen LogP contribution in [-0.4, -0.2) is 22.2 Å². The van der Waals surface area contributed by atoms with Gasteiger partial charge in [0.2, 0.25) is 5.95 Å². The second kappa shape index (κ2) is 4.37. The maximum Gasteiger partial charge on any atom is 0.280 e. The van der Waals surface area contributed by atoms with Crippen molar-refractivity contribution in [1.29, 1.82) is 0 Å². The molecular weight excluding hydrogens is 246 g/mol. The SMILES string of the molecule is O=C(Nc1nc2c(c(=O)[nH]1)N=C[N]2)c1ccccc1. The summed E-state index contributed by atoms with van der Waals surface area (Å²) in [7, 11) is 0. The molecule has 3 rings (SSSR count). The van der Waals surface area contributed by atoms with Crippen LogP contribution in [0.1, 0.15) is 10.4 Å². The van der Waals surface area contributed by atoms with Gasteiger partial charge in [-0.1, -0.05) is 18.2 Å². The molecule has 1 aliphatic rings. The van der Waals surface area contributed by atoms with Crippen molar-refractivity contribution in [3.8, 4) is 0 Å². The third kappa shape index (κ3) is 2.08. The average Bonchev–Trinajstić information content (AvgIpc) is 2.88. The van der Waals surface area contributed by atoms with Crippen LogP contribution in [0.25, 0.3) is 0 Å². The van der Waals surface area contributed by atoms with Gasteiger partial charge in [-0.2, -0.15) is 4.98 Å². The summed E-state index contributed by atoms with van der Waals surface area (Å²) in [5.74, 6) is -0.110. The number of anilines is 1. The van der Waals surface area contributed by atoms with E-state index in [9.17, 15) is 9.59 Å². The number of H-pyrrole nitrogens is 1. The maximum atomic E-state index is 11.9. The summed E-state index contributed by atoms with van der Waals surface area (Å²) in [6, 6.07) is 8.62. The molecule has 2 aromatic rings. The first kappa shape index (κ1) is 11.1. The number of nitrogens with one attached hydrogen (secondary N) is 2. The zero-order valence-corrected chi connectivity index (χ0v) is 9.62. The Morgan fingerprint density at radius 2 is 2.00 bits per heavy atom. The van der Waals surface area contributed by atoms with Crippen LogP contribution in [0.2, 0.25) is 0 Å². The van der Waals surface area contributed by atoms with Gasteiger partial charge in [-0.25, -0.2) is 10.3 Å². The number of aromatic nitrogens is 2. The van der Waals surface area contributed by atoms with E-state index in [2.05, 4.69) is 25.6 Å². The third-order valence-electron chi connectivity index (χ3n) is 2.51. The van der Waals surface area contributed by atoms with Crippen LogP contribution in [0.3, 0.4) is 0 Å². The van der Waals surface area contributed by atoms with E-state index in [0.29, 0.717) is 5.56 Å². The van der Waals surface area contributed by atoms with Crippen molar-refractivity contribution in [3.05, 3.63) is 46.2 Å². The van der Waals surface area contributed by atoms with Crippen molar-refractivity contribution in [1.82, 2.24) is 15.3 Å². The molecule has 2 heterocycles. The van der Waals surface area contributed by atoms with Gasteiger partial charge in [0.05, 0.1) is 0 Å². The quantitative estimate of drug-likeness (QED) is 0.833. The second-order valence-corrected chi connectivity index (χ2v) is 3.78. The summed E-state index contributed by atoms with van der Waals surface area (Å²) in [5.41, 5.74) is 0.183. The summed E-state index contributed by atoms with van der Waals surface area (Å²) in [6.45, 7) is 0. The van der Waals surface area contributed by atoms with E-state index in [1.54, 1.807) is 24.3 Å². The summed E-state index contributed by atoms with van der Waals surface area (Å²) in [6.07, 6.45) is 1.25. The molecule has 1 aromatic carbocycles. The Morgan fingerprint density at radius 3 is 2.79 bits per heavy atom. The second-order valence-electron chi connectivity index (χ2n) is 3.78. The van der Waals surface area contributed by atoms with Crippen LogP contribution in [0.5, 0.6) is 0 Å². The van der Waals surface area contributed by atoms with Crippen LogP contribution in [0, 0.1) is 0 Å². The fraction of sp³-hybridized carbons (Fsp3) is 0. The molecule has 0 saturated heterocycles. The van der Waals surface area contributed by atoms with Gasteiger partial charge >= 0.3 is 0 Å². The predicted molar refractivity (Wildman–Crippen MR) is 69.2 cm³/mol. The summed E-state index contributed by atoms with van der Waals surface area (Å²) in [4.78, 5) is 33.7. The fourth-order valence-corrected chi connectivity index (χ4v) is 1.63.